The average Bonchev–Trinajstić information content (AvgIpc) is 2.80. The zero-order valence-corrected chi connectivity index (χ0v) is 18.3. The van der Waals surface area contributed by atoms with Crippen molar-refractivity contribution in [1.82, 2.24) is 4.98 Å². The van der Waals surface area contributed by atoms with E-state index in [0.717, 1.165) is 74.6 Å². The van der Waals surface area contributed by atoms with Gasteiger partial charge in [0.15, 0.2) is 0 Å². The summed E-state index contributed by atoms with van der Waals surface area (Å²) < 4.78 is 5.46. The van der Waals surface area contributed by atoms with Gasteiger partial charge in [-0.3, -0.25) is 0 Å². The van der Waals surface area contributed by atoms with Crippen molar-refractivity contribution in [3.63, 3.8) is 0 Å². The smallest absolute Gasteiger partial charge is 0.126 e. The zero-order valence-electron chi connectivity index (χ0n) is 17.6. The van der Waals surface area contributed by atoms with Gasteiger partial charge in [-0.2, -0.15) is 0 Å². The van der Waals surface area contributed by atoms with Gasteiger partial charge in [-0.25, -0.2) is 4.98 Å². The van der Waals surface area contributed by atoms with Gasteiger partial charge in [0.05, 0.1) is 5.02 Å². The fourth-order valence-electron chi connectivity index (χ4n) is 4.50. The second-order valence-corrected chi connectivity index (χ2v) is 9.07. The topological polar surface area (TPSA) is 72.2 Å². The van der Waals surface area contributed by atoms with Crippen LogP contribution in [0.25, 0.3) is 11.1 Å². The molecule has 2 heterocycles. The van der Waals surface area contributed by atoms with Crippen molar-refractivity contribution in [2.45, 2.75) is 44.6 Å². The maximum absolute atomic E-state index is 6.52. The maximum Gasteiger partial charge on any atom is 0.126 e. The Hall–Kier alpha value is -1.82. The highest BCUT2D eigenvalue weighted by Crippen LogP contribution is 2.32. The van der Waals surface area contributed by atoms with Crippen LogP contribution in [0.4, 0.5) is 11.5 Å². The second kappa shape index (κ2) is 10.5. The quantitative estimate of drug-likeness (QED) is 0.567. The van der Waals surface area contributed by atoms with Crippen LogP contribution in [-0.2, 0) is 4.74 Å². The number of pyridine rings is 1. The van der Waals surface area contributed by atoms with Crippen LogP contribution in [0, 0.1) is 11.8 Å². The van der Waals surface area contributed by atoms with Crippen LogP contribution in [-0.4, -0.2) is 37.3 Å². The summed E-state index contributed by atoms with van der Waals surface area (Å²) in [5.74, 6) is 2.25. The van der Waals surface area contributed by atoms with Gasteiger partial charge >= 0.3 is 0 Å². The fraction of sp³-hybridized carbons (Fsp3) is 0.542. The molecule has 1 aromatic carbocycles. The van der Waals surface area contributed by atoms with Crippen LogP contribution in [0.3, 0.4) is 0 Å². The molecule has 0 unspecified atom stereocenters. The Kier molecular flexibility index (Phi) is 7.47. The predicted molar refractivity (Wildman–Crippen MR) is 125 cm³/mol. The van der Waals surface area contributed by atoms with Crippen molar-refractivity contribution in [1.29, 1.82) is 0 Å². The first-order chi connectivity index (χ1) is 14.7. The van der Waals surface area contributed by atoms with Crippen LogP contribution in [0.1, 0.15) is 38.5 Å². The first-order valence-corrected chi connectivity index (χ1v) is 11.6. The highest BCUT2D eigenvalue weighted by molar-refractivity contribution is 6.33. The summed E-state index contributed by atoms with van der Waals surface area (Å²) in [5, 5.41) is 7.88. The minimum atomic E-state index is 0.460. The summed E-state index contributed by atoms with van der Waals surface area (Å²) in [5.41, 5.74) is 9.07. The Morgan fingerprint density at radius 1 is 1.03 bits per heavy atom. The molecule has 1 saturated carbocycles. The molecule has 162 valence electrons. The number of aromatic nitrogens is 1. The highest BCUT2D eigenvalue weighted by Gasteiger charge is 2.20. The summed E-state index contributed by atoms with van der Waals surface area (Å²) in [7, 11) is 0. The molecule has 1 aromatic heterocycles. The number of nitrogens with zero attached hydrogens (tertiary/aromatic N) is 1. The van der Waals surface area contributed by atoms with Crippen molar-refractivity contribution >= 4 is 23.1 Å². The highest BCUT2D eigenvalue weighted by atomic mass is 35.5. The van der Waals surface area contributed by atoms with Crippen molar-refractivity contribution in [2.75, 3.05) is 36.9 Å². The van der Waals surface area contributed by atoms with Crippen LogP contribution >= 0.6 is 11.6 Å². The monoisotopic (exact) mass is 428 g/mol. The number of halogens is 1. The van der Waals surface area contributed by atoms with Gasteiger partial charge < -0.3 is 21.1 Å². The number of rotatable bonds is 7. The summed E-state index contributed by atoms with van der Waals surface area (Å²) in [6.45, 7) is 3.54. The van der Waals surface area contributed by atoms with Gasteiger partial charge in [0, 0.05) is 43.2 Å². The van der Waals surface area contributed by atoms with Crippen LogP contribution in [0.5, 0.6) is 0 Å². The normalized spacial score (nSPS) is 22.6. The summed E-state index contributed by atoms with van der Waals surface area (Å²) in [4.78, 5) is 4.52. The number of hydrogen-bond acceptors (Lipinski definition) is 5. The molecule has 2 aliphatic rings. The summed E-state index contributed by atoms with van der Waals surface area (Å²) in [6, 6.07) is 11.0. The van der Waals surface area contributed by atoms with E-state index in [0.29, 0.717) is 22.9 Å². The van der Waals surface area contributed by atoms with E-state index in [1.165, 1.54) is 12.8 Å². The molecule has 2 aromatic rings. The first-order valence-electron chi connectivity index (χ1n) is 11.3. The molecule has 4 N–H and O–H groups in total. The number of nitrogens with two attached hydrogens (primary N) is 1. The molecule has 0 atom stereocenters. The Labute approximate surface area is 184 Å². The molecule has 0 bridgehead atoms. The van der Waals surface area contributed by atoms with E-state index >= 15 is 0 Å². The molecule has 6 heteroatoms. The van der Waals surface area contributed by atoms with Gasteiger partial charge in [0.2, 0.25) is 0 Å². The van der Waals surface area contributed by atoms with E-state index in [1.54, 1.807) is 6.20 Å². The summed E-state index contributed by atoms with van der Waals surface area (Å²) in [6.07, 6.45) is 8.69. The number of hydrogen-bond donors (Lipinski definition) is 3. The Bertz CT molecular complexity index is 817. The number of nitrogens with one attached hydrogen (secondary N) is 2. The predicted octanol–water partition coefficient (Wildman–Crippen LogP) is 5.17. The number of ether oxygens (including phenoxy) is 1. The first kappa shape index (κ1) is 21.4. The van der Waals surface area contributed by atoms with Gasteiger partial charge in [-0.15, -0.1) is 0 Å². The third kappa shape index (κ3) is 5.65. The summed E-state index contributed by atoms with van der Waals surface area (Å²) >= 11 is 6.52. The Morgan fingerprint density at radius 2 is 1.83 bits per heavy atom. The number of benzene rings is 1. The lowest BCUT2D eigenvalue weighted by atomic mass is 9.86. The maximum atomic E-state index is 6.52. The molecule has 0 amide bonds. The Morgan fingerprint density at radius 3 is 2.60 bits per heavy atom. The van der Waals surface area contributed by atoms with Crippen LogP contribution < -0.4 is 16.4 Å². The third-order valence-electron chi connectivity index (χ3n) is 6.50. The molecule has 0 spiro atoms. The zero-order chi connectivity index (χ0) is 20.8. The van der Waals surface area contributed by atoms with Gasteiger partial charge in [0.25, 0.3) is 0 Å². The van der Waals surface area contributed by atoms with Gasteiger partial charge in [-0.1, -0.05) is 23.7 Å². The van der Waals surface area contributed by atoms with Gasteiger partial charge in [-0.05, 0) is 80.7 Å². The van der Waals surface area contributed by atoms with Crippen molar-refractivity contribution < 1.29 is 4.74 Å². The number of anilines is 2. The lowest BCUT2D eigenvalue weighted by Crippen LogP contribution is -2.29. The van der Waals surface area contributed by atoms with Crippen LogP contribution in [0.15, 0.2) is 36.5 Å². The third-order valence-corrected chi connectivity index (χ3v) is 6.80. The van der Waals surface area contributed by atoms with E-state index in [2.05, 4.69) is 45.9 Å². The van der Waals surface area contributed by atoms with E-state index in [1.807, 2.05) is 0 Å². The molecule has 4 rings (SSSR count). The minimum Gasteiger partial charge on any atom is -0.385 e. The lowest BCUT2D eigenvalue weighted by molar-refractivity contribution is 0.0699. The van der Waals surface area contributed by atoms with Crippen molar-refractivity contribution in [3.05, 3.63) is 41.6 Å². The van der Waals surface area contributed by atoms with E-state index < -0.39 is 0 Å². The van der Waals surface area contributed by atoms with Crippen molar-refractivity contribution in [2.24, 2.45) is 17.6 Å². The second-order valence-electron chi connectivity index (χ2n) is 8.66. The van der Waals surface area contributed by atoms with Crippen LogP contribution in [0.2, 0.25) is 5.02 Å². The van der Waals surface area contributed by atoms with E-state index in [9.17, 15) is 0 Å². The molecule has 1 saturated heterocycles. The molecule has 1 aliphatic heterocycles. The largest absolute Gasteiger partial charge is 0.385 e. The SMILES string of the molecule is NC[C@H]1CC[C@H](Nc2cc(-c3cccc(NCC4CCOCC4)c3)c(Cl)cn2)CC1. The molecule has 2 fully saturated rings. The molecule has 30 heavy (non-hydrogen) atoms. The Balaban J connectivity index is 1.42. The van der Waals surface area contributed by atoms with E-state index in [4.69, 9.17) is 22.1 Å². The van der Waals surface area contributed by atoms with Crippen molar-refractivity contribution in [3.8, 4) is 11.1 Å². The van der Waals surface area contributed by atoms with Gasteiger partial charge in [0.1, 0.15) is 5.82 Å². The standard InChI is InChI=1S/C24H33ClN4O/c25-23-16-28-24(29-20-6-4-17(14-26)5-7-20)13-22(23)19-2-1-3-21(12-19)27-15-18-8-10-30-11-9-18/h1-3,12-13,16-18,20,27H,4-11,14-15,26H2,(H,28,29)/t17-,20-. The molecule has 1 aliphatic carbocycles. The minimum absolute atomic E-state index is 0.460. The average molecular weight is 429 g/mol. The fourth-order valence-corrected chi connectivity index (χ4v) is 4.71. The van der Waals surface area contributed by atoms with E-state index in [-0.39, 0.29) is 0 Å². The molecular weight excluding hydrogens is 396 g/mol. The lowest BCUT2D eigenvalue weighted by Gasteiger charge is -2.28. The molecule has 0 radical (unpaired) electrons. The molecular formula is C24H33ClN4O. The molecule has 5 nitrogen and oxygen atoms in total.